The largest absolute Gasteiger partial charge is 0.324 e. The molecule has 1 unspecified atom stereocenters. The zero-order valence-electron chi connectivity index (χ0n) is 12.6. The van der Waals surface area contributed by atoms with Crippen molar-refractivity contribution in [2.75, 3.05) is 0 Å². The Kier molecular flexibility index (Phi) is 3.49. The van der Waals surface area contributed by atoms with E-state index >= 15 is 0 Å². The van der Waals surface area contributed by atoms with Gasteiger partial charge in [-0.2, -0.15) is 0 Å². The lowest BCUT2D eigenvalue weighted by atomic mass is 9.74. The Bertz CT molecular complexity index is 703. The first-order valence-electron chi connectivity index (χ1n) is 7.21. The molecule has 1 aromatic heterocycles. The van der Waals surface area contributed by atoms with Crippen molar-refractivity contribution in [3.63, 3.8) is 0 Å². The van der Waals surface area contributed by atoms with Crippen LogP contribution in [0.5, 0.6) is 0 Å². The second-order valence-electron chi connectivity index (χ2n) is 6.77. The van der Waals surface area contributed by atoms with E-state index in [4.69, 9.17) is 5.73 Å². The van der Waals surface area contributed by atoms with Crippen LogP contribution < -0.4 is 5.73 Å². The molecule has 112 valence electrons. The lowest BCUT2D eigenvalue weighted by Gasteiger charge is -2.34. The van der Waals surface area contributed by atoms with E-state index in [-0.39, 0.29) is 17.3 Å². The highest BCUT2D eigenvalue weighted by Crippen LogP contribution is 2.42. The Hall–Kier alpha value is -1.13. The SMILES string of the molecule is Cc1cc2c(n1-c1cc(Br)ccc1F)CC(C)(C)CC2N. The summed E-state index contributed by atoms with van der Waals surface area (Å²) in [5.41, 5.74) is 10.4. The van der Waals surface area contributed by atoms with Crippen LogP contribution in [-0.4, -0.2) is 4.57 Å². The van der Waals surface area contributed by atoms with Crippen LogP contribution in [-0.2, 0) is 6.42 Å². The number of nitrogens with two attached hydrogens (primary N) is 1. The van der Waals surface area contributed by atoms with Crippen LogP contribution >= 0.6 is 15.9 Å². The Labute approximate surface area is 133 Å². The molecule has 4 heteroatoms. The maximum Gasteiger partial charge on any atom is 0.147 e. The molecule has 0 spiro atoms. The summed E-state index contributed by atoms with van der Waals surface area (Å²) in [4.78, 5) is 0. The second-order valence-corrected chi connectivity index (χ2v) is 7.69. The molecular weight excluding hydrogens is 331 g/mol. The van der Waals surface area contributed by atoms with Gasteiger partial charge in [0.05, 0.1) is 5.69 Å². The molecule has 0 bridgehead atoms. The second kappa shape index (κ2) is 4.96. The van der Waals surface area contributed by atoms with Crippen molar-refractivity contribution in [3.8, 4) is 5.69 Å². The third kappa shape index (κ3) is 2.55. The Balaban J connectivity index is 2.23. The molecule has 2 nitrogen and oxygen atoms in total. The van der Waals surface area contributed by atoms with Crippen molar-refractivity contribution < 1.29 is 4.39 Å². The average molecular weight is 351 g/mol. The zero-order valence-corrected chi connectivity index (χ0v) is 14.2. The number of fused-ring (bicyclic) bond motifs is 1. The minimum absolute atomic E-state index is 0.0268. The number of nitrogens with zero attached hydrogens (tertiary/aromatic N) is 1. The first-order chi connectivity index (χ1) is 9.78. The minimum Gasteiger partial charge on any atom is -0.324 e. The lowest BCUT2D eigenvalue weighted by Crippen LogP contribution is -2.30. The Morgan fingerprint density at radius 1 is 1.33 bits per heavy atom. The van der Waals surface area contributed by atoms with Gasteiger partial charge < -0.3 is 10.3 Å². The van der Waals surface area contributed by atoms with E-state index in [1.54, 1.807) is 6.07 Å². The van der Waals surface area contributed by atoms with E-state index in [9.17, 15) is 4.39 Å². The van der Waals surface area contributed by atoms with Crippen molar-refractivity contribution in [3.05, 3.63) is 51.5 Å². The van der Waals surface area contributed by atoms with Crippen LogP contribution in [0.3, 0.4) is 0 Å². The number of aryl methyl sites for hydroxylation is 1. The summed E-state index contributed by atoms with van der Waals surface area (Å²) in [5.74, 6) is -0.211. The molecule has 0 saturated heterocycles. The molecule has 2 aromatic rings. The number of aromatic nitrogens is 1. The van der Waals surface area contributed by atoms with Gasteiger partial charge >= 0.3 is 0 Å². The highest BCUT2D eigenvalue weighted by atomic mass is 79.9. The molecule has 1 heterocycles. The van der Waals surface area contributed by atoms with Gasteiger partial charge in [-0.25, -0.2) is 4.39 Å². The van der Waals surface area contributed by atoms with Crippen LogP contribution in [0.1, 0.15) is 43.3 Å². The summed E-state index contributed by atoms with van der Waals surface area (Å²) < 4.78 is 17.2. The number of hydrogen-bond acceptors (Lipinski definition) is 1. The van der Waals surface area contributed by atoms with Gasteiger partial charge in [-0.1, -0.05) is 29.8 Å². The summed E-state index contributed by atoms with van der Waals surface area (Å²) >= 11 is 3.43. The molecule has 21 heavy (non-hydrogen) atoms. The van der Waals surface area contributed by atoms with Gasteiger partial charge in [0.1, 0.15) is 5.82 Å². The smallest absolute Gasteiger partial charge is 0.147 e. The van der Waals surface area contributed by atoms with E-state index in [0.29, 0.717) is 5.69 Å². The van der Waals surface area contributed by atoms with Crippen LogP contribution in [0.25, 0.3) is 5.69 Å². The molecule has 0 aliphatic heterocycles. The third-order valence-electron chi connectivity index (χ3n) is 4.29. The summed E-state index contributed by atoms with van der Waals surface area (Å²) in [6.45, 7) is 6.46. The number of benzene rings is 1. The van der Waals surface area contributed by atoms with Crippen molar-refractivity contribution in [1.82, 2.24) is 4.57 Å². The summed E-state index contributed by atoms with van der Waals surface area (Å²) in [6, 6.07) is 7.18. The number of hydrogen-bond donors (Lipinski definition) is 1. The molecule has 0 saturated carbocycles. The first kappa shape index (κ1) is 14.8. The highest BCUT2D eigenvalue weighted by molar-refractivity contribution is 9.10. The quantitative estimate of drug-likeness (QED) is 0.796. The molecular formula is C17H20BrFN2. The monoisotopic (exact) mass is 350 g/mol. The molecule has 1 aromatic carbocycles. The van der Waals surface area contributed by atoms with E-state index < -0.39 is 0 Å². The topological polar surface area (TPSA) is 30.9 Å². The zero-order chi connectivity index (χ0) is 15.4. The van der Waals surface area contributed by atoms with Crippen LogP contribution in [0.2, 0.25) is 0 Å². The van der Waals surface area contributed by atoms with E-state index in [1.807, 2.05) is 17.6 Å². The van der Waals surface area contributed by atoms with Gasteiger partial charge in [0.15, 0.2) is 0 Å². The molecule has 0 amide bonds. The minimum atomic E-state index is -0.211. The third-order valence-corrected chi connectivity index (χ3v) is 4.78. The van der Waals surface area contributed by atoms with E-state index in [2.05, 4.69) is 35.8 Å². The van der Waals surface area contributed by atoms with Crippen LogP contribution in [0, 0.1) is 18.2 Å². The fourth-order valence-electron chi connectivity index (χ4n) is 3.44. The number of rotatable bonds is 1. The molecule has 0 radical (unpaired) electrons. The first-order valence-corrected chi connectivity index (χ1v) is 8.00. The normalized spacial score (nSPS) is 20.4. The molecule has 1 atom stereocenters. The van der Waals surface area contributed by atoms with E-state index in [1.165, 1.54) is 6.07 Å². The van der Waals surface area contributed by atoms with Crippen LogP contribution in [0.4, 0.5) is 4.39 Å². The summed E-state index contributed by atoms with van der Waals surface area (Å²) in [5, 5.41) is 0. The van der Waals surface area contributed by atoms with Crippen molar-refractivity contribution >= 4 is 15.9 Å². The van der Waals surface area contributed by atoms with E-state index in [0.717, 1.165) is 34.3 Å². The fourth-order valence-corrected chi connectivity index (χ4v) is 3.79. The van der Waals surface area contributed by atoms with Gasteiger partial charge in [-0.15, -0.1) is 0 Å². The molecule has 2 N–H and O–H groups in total. The predicted molar refractivity (Wildman–Crippen MR) is 87.2 cm³/mol. The maximum atomic E-state index is 14.3. The van der Waals surface area contributed by atoms with Gasteiger partial charge in [0.2, 0.25) is 0 Å². The Morgan fingerprint density at radius 2 is 2.05 bits per heavy atom. The Morgan fingerprint density at radius 3 is 2.76 bits per heavy atom. The number of halogens is 2. The predicted octanol–water partition coefficient (Wildman–Crippen LogP) is 4.66. The summed E-state index contributed by atoms with van der Waals surface area (Å²) in [7, 11) is 0. The maximum absolute atomic E-state index is 14.3. The molecule has 0 fully saturated rings. The van der Waals surface area contributed by atoms with Gasteiger partial charge in [0.25, 0.3) is 0 Å². The average Bonchev–Trinajstić information content (AvgIpc) is 2.68. The summed E-state index contributed by atoms with van der Waals surface area (Å²) in [6.07, 6.45) is 1.88. The standard InChI is InChI=1S/C17H20BrFN2/c1-10-6-12-14(20)8-17(2,3)9-16(12)21(10)15-7-11(18)4-5-13(15)19/h4-7,14H,8-9,20H2,1-3H3. The molecule has 1 aliphatic rings. The van der Waals surface area contributed by atoms with Gasteiger partial charge in [-0.05, 0) is 55.0 Å². The van der Waals surface area contributed by atoms with Crippen molar-refractivity contribution in [1.29, 1.82) is 0 Å². The fraction of sp³-hybridized carbons (Fsp3) is 0.412. The van der Waals surface area contributed by atoms with Gasteiger partial charge in [0, 0.05) is 21.9 Å². The van der Waals surface area contributed by atoms with Crippen molar-refractivity contribution in [2.45, 2.75) is 39.7 Å². The lowest BCUT2D eigenvalue weighted by molar-refractivity contribution is 0.278. The highest BCUT2D eigenvalue weighted by Gasteiger charge is 2.33. The van der Waals surface area contributed by atoms with Crippen LogP contribution in [0.15, 0.2) is 28.7 Å². The molecule has 3 rings (SSSR count). The molecule has 1 aliphatic carbocycles. The van der Waals surface area contributed by atoms with Gasteiger partial charge in [-0.3, -0.25) is 0 Å². The van der Waals surface area contributed by atoms with Crippen molar-refractivity contribution in [2.24, 2.45) is 11.1 Å².